The molecular weight excluding hydrogens is 272 g/mol. The molecule has 1 unspecified atom stereocenters. The number of sulfone groups is 1. The lowest BCUT2D eigenvalue weighted by molar-refractivity contribution is 0.0563. The Balaban J connectivity index is 2.24. The van der Waals surface area contributed by atoms with Crippen LogP contribution < -0.4 is 0 Å². The van der Waals surface area contributed by atoms with Crippen LogP contribution in [-0.2, 0) is 14.6 Å². The zero-order valence-corrected chi connectivity index (χ0v) is 11.2. The molecule has 7 heteroatoms. The molecule has 0 spiro atoms. The predicted molar refractivity (Wildman–Crippen MR) is 65.8 cm³/mol. The Morgan fingerprint density at radius 3 is 2.58 bits per heavy atom. The second-order valence-corrected chi connectivity index (χ2v) is 6.67. The topological polar surface area (TPSA) is 90.7 Å². The summed E-state index contributed by atoms with van der Waals surface area (Å²) in [6, 6.07) is 2.60. The third-order valence-electron chi connectivity index (χ3n) is 3.11. The summed E-state index contributed by atoms with van der Waals surface area (Å²) in [5.41, 5.74) is 0. The van der Waals surface area contributed by atoms with Gasteiger partial charge in [-0.2, -0.15) is 0 Å². The van der Waals surface area contributed by atoms with E-state index in [9.17, 15) is 18.0 Å². The summed E-state index contributed by atoms with van der Waals surface area (Å²) in [6.45, 7) is 0. The second-order valence-electron chi connectivity index (χ2n) is 4.37. The highest BCUT2D eigenvalue weighted by Crippen LogP contribution is 2.24. The normalized spacial score (nSPS) is 21.8. The fourth-order valence-corrected chi connectivity index (χ4v) is 3.95. The van der Waals surface area contributed by atoms with Gasteiger partial charge in [-0.1, -0.05) is 6.42 Å². The number of ether oxygens (including phenoxy) is 1. The van der Waals surface area contributed by atoms with E-state index in [0.717, 1.165) is 0 Å². The zero-order chi connectivity index (χ0) is 14.0. The lowest BCUT2D eigenvalue weighted by Crippen LogP contribution is -2.35. The number of carbonyl (C=O) groups excluding carboxylic acids is 2. The Bertz CT molecular complexity index is 597. The standard InChI is InChI=1S/C12H14O6S/c1-17-12(14)9-6-5-8(18-9)11(13)10-4-2-3-7-19(10,15)16/h5-6,10H,2-4,7H2,1H3. The van der Waals surface area contributed by atoms with Gasteiger partial charge in [0, 0.05) is 0 Å². The van der Waals surface area contributed by atoms with Gasteiger partial charge in [-0.25, -0.2) is 13.2 Å². The minimum Gasteiger partial charge on any atom is -0.463 e. The maximum atomic E-state index is 12.1. The summed E-state index contributed by atoms with van der Waals surface area (Å²) in [6.07, 6.45) is 1.58. The van der Waals surface area contributed by atoms with Crippen LogP contribution in [0.3, 0.4) is 0 Å². The Hall–Kier alpha value is -1.63. The maximum Gasteiger partial charge on any atom is 0.373 e. The number of hydrogen-bond donors (Lipinski definition) is 0. The van der Waals surface area contributed by atoms with Gasteiger partial charge in [0.25, 0.3) is 0 Å². The van der Waals surface area contributed by atoms with Crippen molar-refractivity contribution in [1.29, 1.82) is 0 Å². The van der Waals surface area contributed by atoms with Crippen LogP contribution in [0.15, 0.2) is 16.5 Å². The van der Waals surface area contributed by atoms with Crippen molar-refractivity contribution in [3.63, 3.8) is 0 Å². The maximum absolute atomic E-state index is 12.1. The van der Waals surface area contributed by atoms with E-state index in [2.05, 4.69) is 4.74 Å². The quantitative estimate of drug-likeness (QED) is 0.613. The van der Waals surface area contributed by atoms with Crippen LogP contribution in [0.25, 0.3) is 0 Å². The van der Waals surface area contributed by atoms with Gasteiger partial charge < -0.3 is 9.15 Å². The molecule has 0 aromatic carbocycles. The molecule has 0 radical (unpaired) electrons. The highest BCUT2D eigenvalue weighted by Gasteiger charge is 2.36. The number of hydrogen-bond acceptors (Lipinski definition) is 6. The molecule has 0 saturated carbocycles. The van der Waals surface area contributed by atoms with E-state index in [-0.39, 0.29) is 17.3 Å². The van der Waals surface area contributed by atoms with E-state index in [1.165, 1.54) is 19.2 Å². The minimum atomic E-state index is -3.41. The number of rotatable bonds is 3. The van der Waals surface area contributed by atoms with Gasteiger partial charge >= 0.3 is 5.97 Å². The molecule has 1 saturated heterocycles. The molecular formula is C12H14O6S. The lowest BCUT2D eigenvalue weighted by Gasteiger charge is -2.19. The lowest BCUT2D eigenvalue weighted by atomic mass is 10.1. The molecule has 0 amide bonds. The van der Waals surface area contributed by atoms with Gasteiger partial charge in [-0.15, -0.1) is 0 Å². The van der Waals surface area contributed by atoms with Gasteiger partial charge in [-0.05, 0) is 25.0 Å². The Labute approximate surface area is 110 Å². The van der Waals surface area contributed by atoms with Crippen molar-refractivity contribution in [3.8, 4) is 0 Å². The van der Waals surface area contributed by atoms with E-state index in [0.29, 0.717) is 19.3 Å². The number of carbonyl (C=O) groups is 2. The van der Waals surface area contributed by atoms with Gasteiger partial charge in [0.2, 0.25) is 11.5 Å². The predicted octanol–water partition coefficient (Wildman–Crippen LogP) is 1.22. The Morgan fingerprint density at radius 1 is 1.26 bits per heavy atom. The number of esters is 1. The van der Waals surface area contributed by atoms with Crippen molar-refractivity contribution in [2.75, 3.05) is 12.9 Å². The molecule has 0 aliphatic carbocycles. The molecule has 6 nitrogen and oxygen atoms in total. The highest BCUT2D eigenvalue weighted by molar-refractivity contribution is 7.92. The zero-order valence-electron chi connectivity index (χ0n) is 10.4. The Morgan fingerprint density at radius 2 is 1.95 bits per heavy atom. The van der Waals surface area contributed by atoms with Gasteiger partial charge in [0.1, 0.15) is 5.25 Å². The molecule has 0 bridgehead atoms. The summed E-state index contributed by atoms with van der Waals surface area (Å²) >= 11 is 0. The summed E-state index contributed by atoms with van der Waals surface area (Å²) in [4.78, 5) is 23.3. The fraction of sp³-hybridized carbons (Fsp3) is 0.500. The van der Waals surface area contributed by atoms with Gasteiger partial charge in [0.05, 0.1) is 12.9 Å². The number of methoxy groups -OCH3 is 1. The summed E-state index contributed by atoms with van der Waals surface area (Å²) in [5.74, 6) is -1.50. The summed E-state index contributed by atoms with van der Waals surface area (Å²) in [5, 5.41) is -1.06. The van der Waals surface area contributed by atoms with E-state index in [1.807, 2.05) is 0 Å². The van der Waals surface area contributed by atoms with Gasteiger partial charge in [0.15, 0.2) is 15.6 Å². The molecule has 1 fully saturated rings. The first-order chi connectivity index (χ1) is 8.95. The van der Waals surface area contributed by atoms with Crippen molar-refractivity contribution in [2.24, 2.45) is 0 Å². The van der Waals surface area contributed by atoms with Crippen molar-refractivity contribution >= 4 is 21.6 Å². The first kappa shape index (κ1) is 13.8. The first-order valence-corrected chi connectivity index (χ1v) is 7.61. The van der Waals surface area contributed by atoms with Crippen molar-refractivity contribution < 1.29 is 27.2 Å². The second kappa shape index (κ2) is 5.16. The number of Topliss-reactive ketones (excluding diaryl/α,β-unsaturated/α-hetero) is 1. The Kier molecular flexibility index (Phi) is 3.75. The van der Waals surface area contributed by atoms with E-state index in [4.69, 9.17) is 4.42 Å². The van der Waals surface area contributed by atoms with Crippen LogP contribution >= 0.6 is 0 Å². The van der Waals surface area contributed by atoms with Crippen LogP contribution in [0.1, 0.15) is 40.4 Å². The molecule has 2 heterocycles. The van der Waals surface area contributed by atoms with Gasteiger partial charge in [-0.3, -0.25) is 4.79 Å². The van der Waals surface area contributed by atoms with E-state index in [1.54, 1.807) is 0 Å². The van der Waals surface area contributed by atoms with E-state index >= 15 is 0 Å². The third kappa shape index (κ3) is 2.70. The number of ketones is 1. The van der Waals surface area contributed by atoms with Crippen LogP contribution in [-0.4, -0.2) is 38.3 Å². The molecule has 2 rings (SSSR count). The molecule has 19 heavy (non-hydrogen) atoms. The minimum absolute atomic E-state index is 0.0218. The average molecular weight is 286 g/mol. The molecule has 1 atom stereocenters. The van der Waals surface area contributed by atoms with Crippen LogP contribution in [0.2, 0.25) is 0 Å². The summed E-state index contributed by atoms with van der Waals surface area (Å²) in [7, 11) is -2.22. The average Bonchev–Trinajstić information content (AvgIpc) is 2.86. The summed E-state index contributed by atoms with van der Waals surface area (Å²) < 4.78 is 33.2. The van der Waals surface area contributed by atoms with Crippen molar-refractivity contribution in [1.82, 2.24) is 0 Å². The van der Waals surface area contributed by atoms with Crippen molar-refractivity contribution in [2.45, 2.75) is 24.5 Å². The first-order valence-electron chi connectivity index (χ1n) is 5.89. The largest absolute Gasteiger partial charge is 0.463 e. The number of furan rings is 1. The third-order valence-corrected chi connectivity index (χ3v) is 5.28. The SMILES string of the molecule is COC(=O)c1ccc(C(=O)C2CCCCS2(=O)=O)o1. The van der Waals surface area contributed by atoms with Crippen LogP contribution in [0, 0.1) is 0 Å². The molecule has 1 aromatic heterocycles. The fourth-order valence-electron chi connectivity index (χ4n) is 2.09. The van der Waals surface area contributed by atoms with Crippen molar-refractivity contribution in [3.05, 3.63) is 23.7 Å². The smallest absolute Gasteiger partial charge is 0.373 e. The van der Waals surface area contributed by atoms with E-state index < -0.39 is 26.8 Å². The molecule has 1 aliphatic heterocycles. The van der Waals surface area contributed by atoms with Crippen LogP contribution in [0.5, 0.6) is 0 Å². The molecule has 1 aliphatic rings. The molecule has 0 N–H and O–H groups in total. The monoisotopic (exact) mass is 286 g/mol. The molecule has 104 valence electrons. The van der Waals surface area contributed by atoms with Crippen LogP contribution in [0.4, 0.5) is 0 Å². The highest BCUT2D eigenvalue weighted by atomic mass is 32.2. The molecule has 1 aromatic rings.